The van der Waals surface area contributed by atoms with Gasteiger partial charge in [0.2, 0.25) is 15.9 Å². The van der Waals surface area contributed by atoms with Gasteiger partial charge < -0.3 is 10.4 Å². The van der Waals surface area contributed by atoms with Gasteiger partial charge in [0.25, 0.3) is 0 Å². The summed E-state index contributed by atoms with van der Waals surface area (Å²) in [5.74, 6) is -0.272. The lowest BCUT2D eigenvalue weighted by molar-refractivity contribution is -0.114. The van der Waals surface area contributed by atoms with Crippen LogP contribution in [0.2, 0.25) is 0 Å². The van der Waals surface area contributed by atoms with Crippen LogP contribution in [0, 0.1) is 6.92 Å². The van der Waals surface area contributed by atoms with E-state index in [-0.39, 0.29) is 17.3 Å². The first-order valence-corrected chi connectivity index (χ1v) is 7.80. The highest BCUT2D eigenvalue weighted by atomic mass is 32.2. The normalized spacial score (nSPS) is 13.0. The average molecular weight is 300 g/mol. The van der Waals surface area contributed by atoms with Gasteiger partial charge in [-0.15, -0.1) is 0 Å². The highest BCUT2D eigenvalue weighted by Crippen LogP contribution is 2.20. The maximum atomic E-state index is 12.2. The van der Waals surface area contributed by atoms with Crippen molar-refractivity contribution in [3.63, 3.8) is 0 Å². The summed E-state index contributed by atoms with van der Waals surface area (Å²) in [5, 5.41) is 12.0. The molecule has 1 atom stereocenters. The first kappa shape index (κ1) is 16.6. The predicted octanol–water partition coefficient (Wildman–Crippen LogP) is 1.00. The quantitative estimate of drug-likeness (QED) is 0.730. The summed E-state index contributed by atoms with van der Waals surface area (Å²) < 4.78 is 26.7. The molecule has 1 aromatic carbocycles. The number of nitrogens with one attached hydrogen (secondary N) is 2. The Kier molecular flexibility index (Phi) is 5.67. The SMILES string of the molecule is CCC(O)CNS(=O)(=O)c1cc(NC(C)=O)ccc1C. The molecule has 0 radical (unpaired) electrons. The van der Waals surface area contributed by atoms with Gasteiger partial charge in [0.05, 0.1) is 11.0 Å². The van der Waals surface area contributed by atoms with Gasteiger partial charge in [-0.2, -0.15) is 0 Å². The molecule has 6 nitrogen and oxygen atoms in total. The lowest BCUT2D eigenvalue weighted by atomic mass is 10.2. The van der Waals surface area contributed by atoms with Crippen LogP contribution >= 0.6 is 0 Å². The second-order valence-corrected chi connectivity index (χ2v) is 6.31. The summed E-state index contributed by atoms with van der Waals surface area (Å²) in [6.07, 6.45) is -0.253. The third kappa shape index (κ3) is 4.59. The van der Waals surface area contributed by atoms with Crippen molar-refractivity contribution in [3.05, 3.63) is 23.8 Å². The number of aryl methyl sites for hydroxylation is 1. The Morgan fingerprint density at radius 1 is 1.40 bits per heavy atom. The Morgan fingerprint density at radius 2 is 2.05 bits per heavy atom. The number of hydrogen-bond donors (Lipinski definition) is 3. The molecule has 1 amide bonds. The number of carbonyl (C=O) groups excluding carboxylic acids is 1. The Balaban J connectivity index is 3.01. The Hall–Kier alpha value is -1.44. The molecule has 0 heterocycles. The van der Waals surface area contributed by atoms with Crippen molar-refractivity contribution in [1.82, 2.24) is 4.72 Å². The zero-order valence-corrected chi connectivity index (χ0v) is 12.6. The minimum absolute atomic E-state index is 0.0390. The van der Waals surface area contributed by atoms with Crippen LogP contribution in [0.4, 0.5) is 5.69 Å². The van der Waals surface area contributed by atoms with Crippen molar-refractivity contribution < 1.29 is 18.3 Å². The minimum atomic E-state index is -3.72. The summed E-state index contributed by atoms with van der Waals surface area (Å²) in [7, 11) is -3.72. The van der Waals surface area contributed by atoms with Crippen LogP contribution < -0.4 is 10.0 Å². The van der Waals surface area contributed by atoms with Crippen LogP contribution in [0.15, 0.2) is 23.1 Å². The summed E-state index contributed by atoms with van der Waals surface area (Å²) in [6.45, 7) is 4.75. The summed E-state index contributed by atoms with van der Waals surface area (Å²) in [5.41, 5.74) is 0.983. The second-order valence-electron chi connectivity index (χ2n) is 4.58. The van der Waals surface area contributed by atoms with E-state index in [0.29, 0.717) is 17.7 Å². The summed E-state index contributed by atoms with van der Waals surface area (Å²) in [6, 6.07) is 4.66. The van der Waals surface area contributed by atoms with Gasteiger partial charge in [0.15, 0.2) is 0 Å². The van der Waals surface area contributed by atoms with E-state index >= 15 is 0 Å². The topological polar surface area (TPSA) is 95.5 Å². The highest BCUT2D eigenvalue weighted by Gasteiger charge is 2.18. The zero-order valence-electron chi connectivity index (χ0n) is 11.8. The maximum Gasteiger partial charge on any atom is 0.240 e. The largest absolute Gasteiger partial charge is 0.392 e. The van der Waals surface area contributed by atoms with Crippen molar-refractivity contribution in [1.29, 1.82) is 0 Å². The van der Waals surface area contributed by atoms with Crippen molar-refractivity contribution in [2.24, 2.45) is 0 Å². The number of amides is 1. The molecular formula is C13H20N2O4S. The van der Waals surface area contributed by atoms with E-state index in [4.69, 9.17) is 0 Å². The Morgan fingerprint density at radius 3 is 2.60 bits per heavy atom. The fourth-order valence-electron chi connectivity index (χ4n) is 1.60. The molecule has 1 unspecified atom stereocenters. The molecule has 0 spiro atoms. The molecular weight excluding hydrogens is 280 g/mol. The fourth-order valence-corrected chi connectivity index (χ4v) is 2.94. The highest BCUT2D eigenvalue weighted by molar-refractivity contribution is 7.89. The number of aliphatic hydroxyl groups is 1. The lowest BCUT2D eigenvalue weighted by Crippen LogP contribution is -2.32. The van der Waals surface area contributed by atoms with E-state index in [1.807, 2.05) is 0 Å². The first-order chi connectivity index (χ1) is 9.26. The van der Waals surface area contributed by atoms with Crippen molar-refractivity contribution >= 4 is 21.6 Å². The second kappa shape index (κ2) is 6.83. The third-order valence-corrected chi connectivity index (χ3v) is 4.34. The van der Waals surface area contributed by atoms with Crippen LogP contribution in [-0.2, 0) is 14.8 Å². The molecule has 3 N–H and O–H groups in total. The van der Waals surface area contributed by atoms with E-state index in [2.05, 4.69) is 10.0 Å². The number of rotatable bonds is 6. The minimum Gasteiger partial charge on any atom is -0.392 e. The van der Waals surface area contributed by atoms with Gasteiger partial charge in [-0.1, -0.05) is 13.0 Å². The molecule has 0 aliphatic carbocycles. The smallest absolute Gasteiger partial charge is 0.240 e. The monoisotopic (exact) mass is 300 g/mol. The van der Waals surface area contributed by atoms with E-state index in [0.717, 1.165) is 0 Å². The van der Waals surface area contributed by atoms with Gasteiger partial charge in [-0.3, -0.25) is 4.79 Å². The number of aliphatic hydroxyl groups excluding tert-OH is 1. The zero-order chi connectivity index (χ0) is 15.3. The number of hydrogen-bond acceptors (Lipinski definition) is 4. The molecule has 0 saturated carbocycles. The average Bonchev–Trinajstić information content (AvgIpc) is 2.37. The lowest BCUT2D eigenvalue weighted by Gasteiger charge is -2.13. The Labute approximate surface area is 119 Å². The molecule has 0 aromatic heterocycles. The van der Waals surface area contributed by atoms with Crippen LogP contribution in [0.5, 0.6) is 0 Å². The van der Waals surface area contributed by atoms with E-state index in [1.54, 1.807) is 26.0 Å². The summed E-state index contributed by atoms with van der Waals surface area (Å²) >= 11 is 0. The van der Waals surface area contributed by atoms with Crippen LogP contribution in [0.3, 0.4) is 0 Å². The van der Waals surface area contributed by atoms with E-state index in [9.17, 15) is 18.3 Å². The third-order valence-electron chi connectivity index (χ3n) is 2.78. The van der Waals surface area contributed by atoms with Crippen LogP contribution in [0.1, 0.15) is 25.8 Å². The fraction of sp³-hybridized carbons (Fsp3) is 0.462. The molecule has 1 aromatic rings. The van der Waals surface area contributed by atoms with Crippen LogP contribution in [-0.4, -0.2) is 32.1 Å². The van der Waals surface area contributed by atoms with Gasteiger partial charge in [0, 0.05) is 19.2 Å². The molecule has 0 aliphatic heterocycles. The van der Waals surface area contributed by atoms with Crippen molar-refractivity contribution in [3.8, 4) is 0 Å². The van der Waals surface area contributed by atoms with Crippen LogP contribution in [0.25, 0.3) is 0 Å². The molecule has 0 bridgehead atoms. The number of anilines is 1. The van der Waals surface area contributed by atoms with E-state index < -0.39 is 16.1 Å². The number of benzene rings is 1. The van der Waals surface area contributed by atoms with Gasteiger partial charge in [-0.05, 0) is 31.0 Å². The number of carbonyl (C=O) groups is 1. The standard InChI is InChI=1S/C13H20N2O4S/c1-4-12(17)8-14-20(18,19)13-7-11(15-10(3)16)6-5-9(13)2/h5-7,12,14,17H,4,8H2,1-3H3,(H,15,16). The maximum absolute atomic E-state index is 12.2. The Bertz CT molecular complexity index is 584. The molecule has 7 heteroatoms. The van der Waals surface area contributed by atoms with E-state index in [1.165, 1.54) is 13.0 Å². The van der Waals surface area contributed by atoms with Gasteiger partial charge in [0.1, 0.15) is 0 Å². The molecule has 0 fully saturated rings. The molecule has 0 aliphatic rings. The van der Waals surface area contributed by atoms with Crippen molar-refractivity contribution in [2.45, 2.75) is 38.2 Å². The molecule has 20 heavy (non-hydrogen) atoms. The molecule has 0 saturated heterocycles. The molecule has 1 rings (SSSR count). The molecule has 112 valence electrons. The van der Waals surface area contributed by atoms with Crippen molar-refractivity contribution in [2.75, 3.05) is 11.9 Å². The number of sulfonamides is 1. The first-order valence-electron chi connectivity index (χ1n) is 6.32. The summed E-state index contributed by atoms with van der Waals surface area (Å²) in [4.78, 5) is 11.1. The predicted molar refractivity (Wildman–Crippen MR) is 77.0 cm³/mol. The van der Waals surface area contributed by atoms with Gasteiger partial charge in [-0.25, -0.2) is 13.1 Å². The van der Waals surface area contributed by atoms with Gasteiger partial charge >= 0.3 is 0 Å².